The third-order valence-corrected chi connectivity index (χ3v) is 3.38. The molecule has 1 aromatic rings. The Balaban J connectivity index is 2.71. The van der Waals surface area contributed by atoms with E-state index in [0.717, 1.165) is 0 Å². The van der Waals surface area contributed by atoms with Gasteiger partial charge in [-0.05, 0) is 19.9 Å². The number of H-pyrrole nitrogens is 1. The number of carbonyl (C=O) groups excluding carboxylic acids is 1. The molecule has 0 spiro atoms. The number of rotatable bonds is 6. The lowest BCUT2D eigenvalue weighted by atomic mass is 10.3. The van der Waals surface area contributed by atoms with Crippen molar-refractivity contribution in [3.63, 3.8) is 0 Å². The Labute approximate surface area is 112 Å². The van der Waals surface area contributed by atoms with Crippen molar-refractivity contribution in [2.24, 2.45) is 0 Å². The number of aryl methyl sites for hydroxylation is 1. The predicted molar refractivity (Wildman–Crippen MR) is 65.5 cm³/mol. The van der Waals surface area contributed by atoms with Crippen LogP contribution in [-0.4, -0.2) is 32.8 Å². The molecule has 1 rings (SSSR count). The fraction of sp³-hybridized carbons (Fsp3) is 0.455. The molecule has 1 N–H and O–H groups in total. The van der Waals surface area contributed by atoms with Crippen molar-refractivity contribution in [1.82, 2.24) is 9.97 Å². The van der Waals surface area contributed by atoms with Crippen LogP contribution in [0.4, 0.5) is 8.78 Å². The molecule has 1 unspecified atom stereocenters. The van der Waals surface area contributed by atoms with Gasteiger partial charge in [-0.25, -0.2) is 4.79 Å². The third kappa shape index (κ3) is 4.64. The van der Waals surface area contributed by atoms with Crippen molar-refractivity contribution in [1.29, 1.82) is 0 Å². The molecule has 0 aromatic carbocycles. The Kier molecular flexibility index (Phi) is 5.97. The monoisotopic (exact) mass is 292 g/mol. The molecule has 0 bridgehead atoms. The van der Waals surface area contributed by atoms with Gasteiger partial charge in [-0.3, -0.25) is 0 Å². The maximum atomic E-state index is 11.8. The molecule has 0 saturated carbocycles. The average Bonchev–Trinajstić information content (AvgIpc) is 2.71. The van der Waals surface area contributed by atoms with Gasteiger partial charge in [0.15, 0.2) is 5.69 Å². The highest BCUT2D eigenvalue weighted by atomic mass is 32.2. The number of imidazole rings is 1. The van der Waals surface area contributed by atoms with Crippen molar-refractivity contribution >= 4 is 17.1 Å². The Hall–Kier alpha value is -1.41. The summed E-state index contributed by atoms with van der Waals surface area (Å²) in [6, 6.07) is 0. The summed E-state index contributed by atoms with van der Waals surface area (Å²) in [7, 11) is 0. The first kappa shape index (κ1) is 15.6. The first-order valence-electron chi connectivity index (χ1n) is 5.59. The first-order valence-corrected chi connectivity index (χ1v) is 6.90. The number of ether oxygens (including phenoxy) is 1. The maximum absolute atomic E-state index is 11.8. The Morgan fingerprint density at radius 1 is 1.58 bits per heavy atom. The van der Waals surface area contributed by atoms with Gasteiger partial charge in [0.2, 0.25) is 0 Å². The molecule has 0 radical (unpaired) electrons. The summed E-state index contributed by atoms with van der Waals surface area (Å²) in [5.41, 5.74) is 0.506. The van der Waals surface area contributed by atoms with Crippen LogP contribution in [0, 0.1) is 6.92 Å². The molecule has 8 heteroatoms. The molecular formula is C11H14F2N2O3S. The van der Waals surface area contributed by atoms with Crippen LogP contribution >= 0.6 is 0 Å². The van der Waals surface area contributed by atoms with Gasteiger partial charge in [0.25, 0.3) is 6.08 Å². The minimum atomic E-state index is -1.81. The highest BCUT2D eigenvalue weighted by Gasteiger charge is 2.22. The number of hydrogen-bond acceptors (Lipinski definition) is 4. The van der Waals surface area contributed by atoms with Gasteiger partial charge in [-0.1, -0.05) is 0 Å². The van der Waals surface area contributed by atoms with Crippen LogP contribution in [0.25, 0.3) is 0 Å². The van der Waals surface area contributed by atoms with Crippen LogP contribution < -0.4 is 0 Å². The minimum absolute atomic E-state index is 0.00651. The van der Waals surface area contributed by atoms with Crippen LogP contribution in [0.5, 0.6) is 0 Å². The molecule has 1 atom stereocenters. The van der Waals surface area contributed by atoms with E-state index < -0.39 is 23.2 Å². The molecule has 1 aromatic heterocycles. The number of nitrogens with one attached hydrogen (secondary N) is 1. The summed E-state index contributed by atoms with van der Waals surface area (Å²) >= 11 is -1.56. The van der Waals surface area contributed by atoms with Crippen molar-refractivity contribution in [3.05, 3.63) is 23.5 Å². The van der Waals surface area contributed by atoms with Gasteiger partial charge in [0, 0.05) is 17.6 Å². The molecule has 0 saturated heterocycles. The molecule has 1 heterocycles. The average molecular weight is 292 g/mol. The zero-order valence-corrected chi connectivity index (χ0v) is 11.4. The van der Waals surface area contributed by atoms with E-state index in [-0.39, 0.29) is 29.6 Å². The predicted octanol–water partition coefficient (Wildman–Crippen LogP) is 2.17. The molecule has 0 aliphatic rings. The lowest BCUT2D eigenvalue weighted by Gasteiger charge is -2.04. The molecule has 19 heavy (non-hydrogen) atoms. The third-order valence-electron chi connectivity index (χ3n) is 2.15. The van der Waals surface area contributed by atoms with E-state index in [4.69, 9.17) is 4.74 Å². The summed E-state index contributed by atoms with van der Waals surface area (Å²) in [5.74, 6) is -0.596. The zero-order valence-electron chi connectivity index (χ0n) is 10.5. The molecule has 0 aliphatic heterocycles. The summed E-state index contributed by atoms with van der Waals surface area (Å²) in [4.78, 5) is 18.1. The van der Waals surface area contributed by atoms with E-state index in [1.54, 1.807) is 13.8 Å². The molecule has 5 nitrogen and oxygen atoms in total. The topological polar surface area (TPSA) is 78.0 Å². The Morgan fingerprint density at radius 2 is 2.26 bits per heavy atom. The fourth-order valence-electron chi connectivity index (χ4n) is 1.31. The molecule has 0 fully saturated rings. The van der Waals surface area contributed by atoms with E-state index in [1.165, 1.54) is 0 Å². The van der Waals surface area contributed by atoms with E-state index in [9.17, 15) is 18.1 Å². The standard InChI is InChI=1S/C11H14F2N2O3S/c1-3-18-10(16)9-7(2)14-11(15-9)19(17)6-4-5-8(12)13/h5H,3-4,6H2,1-2H3,(H,14,15). The quantitative estimate of drug-likeness (QED) is 0.644. The fourth-order valence-corrected chi connectivity index (χ4v) is 2.30. The van der Waals surface area contributed by atoms with Crippen LogP contribution in [0.2, 0.25) is 0 Å². The van der Waals surface area contributed by atoms with Gasteiger partial charge >= 0.3 is 11.1 Å². The van der Waals surface area contributed by atoms with Crippen LogP contribution in [-0.2, 0) is 15.9 Å². The lowest BCUT2D eigenvalue weighted by Crippen LogP contribution is -2.10. The van der Waals surface area contributed by atoms with Crippen LogP contribution in [0.1, 0.15) is 29.5 Å². The van der Waals surface area contributed by atoms with Crippen molar-refractivity contribution < 1.29 is 22.9 Å². The minimum Gasteiger partial charge on any atom is -0.609 e. The van der Waals surface area contributed by atoms with Crippen LogP contribution in [0.3, 0.4) is 0 Å². The van der Waals surface area contributed by atoms with E-state index in [0.29, 0.717) is 11.8 Å². The van der Waals surface area contributed by atoms with Crippen molar-refractivity contribution in [3.8, 4) is 0 Å². The SMILES string of the molecule is CCOC(=O)c1nc([S+]([O-])CCC=C(F)F)[nH]c1C. The molecule has 0 aliphatic carbocycles. The second-order valence-corrected chi connectivity index (χ2v) is 5.05. The first-order chi connectivity index (χ1) is 8.95. The number of aromatic amines is 1. The van der Waals surface area contributed by atoms with Gasteiger partial charge in [0.05, 0.1) is 12.3 Å². The summed E-state index contributed by atoms with van der Waals surface area (Å²) < 4.78 is 40.2. The largest absolute Gasteiger partial charge is 0.609 e. The summed E-state index contributed by atoms with van der Waals surface area (Å²) in [6.07, 6.45) is -1.14. The lowest BCUT2D eigenvalue weighted by molar-refractivity contribution is 0.0519. The van der Waals surface area contributed by atoms with Crippen LogP contribution in [0.15, 0.2) is 17.3 Å². The molecule has 0 amide bonds. The van der Waals surface area contributed by atoms with Gasteiger partial charge in [-0.15, -0.1) is 0 Å². The van der Waals surface area contributed by atoms with E-state index in [2.05, 4.69) is 9.97 Å². The highest BCUT2D eigenvalue weighted by Crippen LogP contribution is 2.14. The zero-order chi connectivity index (χ0) is 14.4. The van der Waals surface area contributed by atoms with Crippen molar-refractivity contribution in [2.75, 3.05) is 12.4 Å². The number of allylic oxidation sites excluding steroid dienone is 1. The molecular weight excluding hydrogens is 278 g/mol. The number of hydrogen-bond donors (Lipinski definition) is 1. The second kappa shape index (κ2) is 7.25. The summed E-state index contributed by atoms with van der Waals surface area (Å²) in [6.45, 7) is 3.47. The number of aromatic nitrogens is 2. The van der Waals surface area contributed by atoms with Gasteiger partial charge in [-0.2, -0.15) is 13.8 Å². The second-order valence-electron chi connectivity index (χ2n) is 3.57. The van der Waals surface area contributed by atoms with E-state index >= 15 is 0 Å². The van der Waals surface area contributed by atoms with E-state index in [1.807, 2.05) is 0 Å². The van der Waals surface area contributed by atoms with Crippen molar-refractivity contribution in [2.45, 2.75) is 25.4 Å². The number of esters is 1. The Morgan fingerprint density at radius 3 is 2.84 bits per heavy atom. The highest BCUT2D eigenvalue weighted by molar-refractivity contribution is 7.91. The maximum Gasteiger partial charge on any atom is 0.358 e. The normalized spacial score (nSPS) is 12.1. The Bertz CT molecular complexity index is 473. The van der Waals surface area contributed by atoms with Gasteiger partial charge in [0.1, 0.15) is 5.75 Å². The molecule has 106 valence electrons. The number of carbonyl (C=O) groups is 1. The smallest absolute Gasteiger partial charge is 0.358 e. The summed E-state index contributed by atoms with van der Waals surface area (Å²) in [5, 5.41) is 0.0909. The number of nitrogens with zero attached hydrogens (tertiary/aromatic N) is 1. The number of halogens is 2. The van der Waals surface area contributed by atoms with Gasteiger partial charge < -0.3 is 14.3 Å².